The van der Waals surface area contributed by atoms with Gasteiger partial charge in [-0.1, -0.05) is 18.2 Å². The molecule has 0 saturated carbocycles. The van der Waals surface area contributed by atoms with Crippen LogP contribution in [0, 0.1) is 0 Å². The highest BCUT2D eigenvalue weighted by molar-refractivity contribution is 5.82. The fourth-order valence-corrected chi connectivity index (χ4v) is 2.40. The molecule has 1 aromatic carbocycles. The summed E-state index contributed by atoms with van der Waals surface area (Å²) in [5, 5.41) is 11.6. The largest absolute Gasteiger partial charge is 0.382 e. The maximum Gasteiger partial charge on any atom is 0.194 e. The van der Waals surface area contributed by atoms with E-state index in [2.05, 4.69) is 23.9 Å². The number of benzene rings is 1. The maximum atomic E-state index is 10.6. The van der Waals surface area contributed by atoms with E-state index in [9.17, 15) is 5.11 Å². The van der Waals surface area contributed by atoms with Gasteiger partial charge in [-0.15, -0.1) is 0 Å². The van der Waals surface area contributed by atoms with Gasteiger partial charge >= 0.3 is 0 Å². The van der Waals surface area contributed by atoms with Crippen LogP contribution in [0.5, 0.6) is 0 Å². The average molecular weight is 268 g/mol. The van der Waals surface area contributed by atoms with Crippen molar-refractivity contribution >= 4 is 17.2 Å². The van der Waals surface area contributed by atoms with E-state index in [1.165, 1.54) is 0 Å². The van der Waals surface area contributed by atoms with Crippen LogP contribution in [0.1, 0.15) is 18.6 Å². The maximum absolute atomic E-state index is 10.6. The van der Waals surface area contributed by atoms with Gasteiger partial charge in [-0.3, -0.25) is 9.47 Å². The molecule has 20 heavy (non-hydrogen) atoms. The number of quaternary nitrogens is 1. The number of aliphatic hydroxyl groups excluding tert-OH is 1. The highest BCUT2D eigenvalue weighted by atomic mass is 16.3. The Morgan fingerprint density at radius 3 is 2.80 bits per heavy atom. The minimum atomic E-state index is -0.717. The smallest absolute Gasteiger partial charge is 0.194 e. The number of aliphatic hydroxyl groups is 1. The van der Waals surface area contributed by atoms with Crippen LogP contribution >= 0.6 is 0 Å². The number of para-hydroxylation sites is 1. The van der Waals surface area contributed by atoms with E-state index in [1.807, 2.05) is 42.9 Å². The Kier molecular flexibility index (Phi) is 3.12. The first kappa shape index (κ1) is 13.0. The number of aliphatic imine (C=N–C) groups is 1. The van der Waals surface area contributed by atoms with Gasteiger partial charge in [0.1, 0.15) is 18.0 Å². The van der Waals surface area contributed by atoms with Crippen LogP contribution in [-0.4, -0.2) is 34.5 Å². The third-order valence-corrected chi connectivity index (χ3v) is 3.84. The summed E-state index contributed by atoms with van der Waals surface area (Å²) in [6.45, 7) is 3.01. The number of fused-ring (bicyclic) bond motifs is 1. The highest BCUT2D eigenvalue weighted by Crippen LogP contribution is 2.31. The summed E-state index contributed by atoms with van der Waals surface area (Å²) in [5.74, 6) is 0. The van der Waals surface area contributed by atoms with Gasteiger partial charge in [-0.25, -0.2) is 0 Å². The van der Waals surface area contributed by atoms with Gasteiger partial charge in [0.05, 0.1) is 19.1 Å². The van der Waals surface area contributed by atoms with Crippen molar-refractivity contribution < 1.29 is 9.59 Å². The summed E-state index contributed by atoms with van der Waals surface area (Å²) < 4.78 is 0.620. The minimum absolute atomic E-state index is 0.620. The topological polar surface area (TPSA) is 45.5 Å². The molecule has 4 nitrogen and oxygen atoms in total. The lowest BCUT2D eigenvalue weighted by Crippen LogP contribution is -2.34. The third-order valence-electron chi connectivity index (χ3n) is 3.84. The summed E-state index contributed by atoms with van der Waals surface area (Å²) in [5.41, 5.74) is 2.44. The lowest BCUT2D eigenvalue weighted by Gasteiger charge is -2.19. The average Bonchev–Trinajstić information content (AvgIpc) is 2.89. The molecule has 3 rings (SSSR count). The standard InChI is InChI=1S/C16H18N3O/c1-3-19(2)10-15(18-11-19)16(20)13-8-9-17-14-7-5-4-6-12(13)14/h4-11,16,20H,3H2,1-2H3/q+1. The zero-order valence-electron chi connectivity index (χ0n) is 11.7. The van der Waals surface area contributed by atoms with Crippen molar-refractivity contribution in [2.24, 2.45) is 4.99 Å². The molecule has 0 spiro atoms. The van der Waals surface area contributed by atoms with E-state index in [0.29, 0.717) is 10.2 Å². The lowest BCUT2D eigenvalue weighted by atomic mass is 10.0. The first-order valence-electron chi connectivity index (χ1n) is 6.77. The summed E-state index contributed by atoms with van der Waals surface area (Å²) in [7, 11) is 2.06. The third kappa shape index (κ3) is 2.13. The van der Waals surface area contributed by atoms with Gasteiger partial charge in [0.15, 0.2) is 6.34 Å². The van der Waals surface area contributed by atoms with E-state index in [1.54, 1.807) is 6.20 Å². The zero-order chi connectivity index (χ0) is 14.2. The Balaban J connectivity index is 2.04. The number of rotatable bonds is 3. The second-order valence-electron chi connectivity index (χ2n) is 5.28. The van der Waals surface area contributed by atoms with Crippen LogP contribution in [0.25, 0.3) is 10.9 Å². The van der Waals surface area contributed by atoms with Gasteiger partial charge < -0.3 is 5.11 Å². The second-order valence-corrected chi connectivity index (χ2v) is 5.28. The Morgan fingerprint density at radius 1 is 1.25 bits per heavy atom. The summed E-state index contributed by atoms with van der Waals surface area (Å²) in [6.07, 6.45) is 4.88. The first-order valence-corrected chi connectivity index (χ1v) is 6.77. The summed E-state index contributed by atoms with van der Waals surface area (Å²) in [4.78, 5) is 8.70. The molecule has 1 aliphatic rings. The molecular weight excluding hydrogens is 250 g/mol. The Labute approximate surface area is 118 Å². The number of pyridine rings is 1. The molecule has 0 aliphatic carbocycles. The Bertz CT molecular complexity index is 702. The van der Waals surface area contributed by atoms with E-state index in [4.69, 9.17) is 0 Å². The van der Waals surface area contributed by atoms with Crippen LogP contribution in [0.15, 0.2) is 53.4 Å². The Morgan fingerprint density at radius 2 is 2.05 bits per heavy atom. The first-order chi connectivity index (χ1) is 9.63. The van der Waals surface area contributed by atoms with Crippen LogP contribution < -0.4 is 0 Å². The molecule has 0 radical (unpaired) electrons. The predicted molar refractivity (Wildman–Crippen MR) is 80.0 cm³/mol. The molecule has 1 N–H and O–H groups in total. The van der Waals surface area contributed by atoms with Crippen LogP contribution in [-0.2, 0) is 0 Å². The molecule has 1 aliphatic heterocycles. The molecule has 0 bridgehead atoms. The molecular formula is C16H18N3O+. The van der Waals surface area contributed by atoms with Crippen LogP contribution in [0.3, 0.4) is 0 Å². The SMILES string of the molecule is CC[N+]1(C)C=NC(C(O)c2ccnc3ccccc23)=C1. The lowest BCUT2D eigenvalue weighted by molar-refractivity contribution is -0.754. The molecule has 0 amide bonds. The van der Waals surface area contributed by atoms with Crippen molar-refractivity contribution in [1.29, 1.82) is 0 Å². The van der Waals surface area contributed by atoms with Crippen molar-refractivity contribution in [3.05, 3.63) is 54.0 Å². The quantitative estimate of drug-likeness (QED) is 0.870. The van der Waals surface area contributed by atoms with Crippen molar-refractivity contribution in [3.63, 3.8) is 0 Å². The van der Waals surface area contributed by atoms with Crippen molar-refractivity contribution in [3.8, 4) is 0 Å². The van der Waals surface area contributed by atoms with Crippen LogP contribution in [0.2, 0.25) is 0 Å². The van der Waals surface area contributed by atoms with E-state index < -0.39 is 6.10 Å². The molecule has 2 atom stereocenters. The fourth-order valence-electron chi connectivity index (χ4n) is 2.40. The van der Waals surface area contributed by atoms with E-state index in [-0.39, 0.29) is 0 Å². The zero-order valence-corrected chi connectivity index (χ0v) is 11.7. The molecule has 4 heteroatoms. The normalized spacial score (nSPS) is 23.1. The van der Waals surface area contributed by atoms with Crippen molar-refractivity contribution in [2.75, 3.05) is 13.6 Å². The van der Waals surface area contributed by atoms with Gasteiger partial charge in [0.25, 0.3) is 0 Å². The second kappa shape index (κ2) is 4.81. The highest BCUT2D eigenvalue weighted by Gasteiger charge is 2.27. The monoisotopic (exact) mass is 268 g/mol. The molecule has 102 valence electrons. The summed E-state index contributed by atoms with van der Waals surface area (Å²) in [6, 6.07) is 9.69. The number of hydrogen-bond donors (Lipinski definition) is 1. The number of nitrogens with zero attached hydrogens (tertiary/aromatic N) is 3. The molecule has 0 fully saturated rings. The van der Waals surface area contributed by atoms with Crippen molar-refractivity contribution in [2.45, 2.75) is 13.0 Å². The fraction of sp³-hybridized carbons (Fsp3) is 0.250. The number of aromatic nitrogens is 1. The van der Waals surface area contributed by atoms with Gasteiger partial charge in [-0.05, 0) is 24.6 Å². The predicted octanol–water partition coefficient (Wildman–Crippen LogP) is 2.62. The molecule has 2 unspecified atom stereocenters. The number of hydrogen-bond acceptors (Lipinski definition) is 3. The van der Waals surface area contributed by atoms with Gasteiger partial charge in [-0.2, -0.15) is 4.99 Å². The summed E-state index contributed by atoms with van der Waals surface area (Å²) >= 11 is 0. The van der Waals surface area contributed by atoms with Gasteiger partial charge in [0, 0.05) is 11.6 Å². The van der Waals surface area contributed by atoms with E-state index >= 15 is 0 Å². The molecule has 1 aromatic heterocycles. The molecule has 2 aromatic rings. The Hall–Kier alpha value is -2.04. The van der Waals surface area contributed by atoms with E-state index in [0.717, 1.165) is 23.0 Å². The van der Waals surface area contributed by atoms with Gasteiger partial charge in [0.2, 0.25) is 0 Å². The van der Waals surface area contributed by atoms with Crippen molar-refractivity contribution in [1.82, 2.24) is 4.98 Å². The van der Waals surface area contributed by atoms with Crippen LogP contribution in [0.4, 0.5) is 0 Å². The molecule has 0 saturated heterocycles. The molecule has 2 heterocycles. The minimum Gasteiger partial charge on any atom is -0.382 e.